The van der Waals surface area contributed by atoms with Crippen LogP contribution in [0, 0.1) is 0 Å². The Bertz CT molecular complexity index is 1300. The van der Waals surface area contributed by atoms with Crippen LogP contribution in [0.3, 0.4) is 0 Å². The second-order valence-electron chi connectivity index (χ2n) is 6.87. The summed E-state index contributed by atoms with van der Waals surface area (Å²) in [5.74, 6) is -0.329. The topological polar surface area (TPSA) is 75.3 Å². The van der Waals surface area contributed by atoms with Crippen molar-refractivity contribution in [2.75, 3.05) is 10.0 Å². The number of amides is 1. The molecule has 4 aromatic rings. The molecule has 0 fully saturated rings. The maximum absolute atomic E-state index is 12.9. The monoisotopic (exact) mass is 428 g/mol. The number of carbonyl (C=O) groups excluding carboxylic acids is 1. The molecule has 0 saturated heterocycles. The van der Waals surface area contributed by atoms with E-state index in [9.17, 15) is 13.2 Å². The van der Waals surface area contributed by atoms with Crippen molar-refractivity contribution in [3.05, 3.63) is 115 Å². The Labute approximate surface area is 181 Å². The lowest BCUT2D eigenvalue weighted by atomic mass is 10.0. The highest BCUT2D eigenvalue weighted by Gasteiger charge is 2.15. The fourth-order valence-electron chi connectivity index (χ4n) is 3.19. The second-order valence-corrected chi connectivity index (χ2v) is 8.55. The van der Waals surface area contributed by atoms with Crippen LogP contribution in [0.5, 0.6) is 0 Å². The average molecular weight is 429 g/mol. The van der Waals surface area contributed by atoms with Gasteiger partial charge in [-0.2, -0.15) is 0 Å². The van der Waals surface area contributed by atoms with Crippen molar-refractivity contribution in [2.24, 2.45) is 0 Å². The molecule has 0 heterocycles. The van der Waals surface area contributed by atoms with E-state index in [0.29, 0.717) is 16.9 Å². The van der Waals surface area contributed by atoms with Crippen LogP contribution in [0.2, 0.25) is 0 Å². The first-order chi connectivity index (χ1) is 15.0. The molecule has 0 spiro atoms. The third-order valence-corrected chi connectivity index (χ3v) is 6.09. The van der Waals surface area contributed by atoms with Gasteiger partial charge in [-0.1, -0.05) is 72.8 Å². The number of rotatable bonds is 6. The number of benzene rings is 4. The number of hydrogen-bond donors (Lipinski definition) is 2. The van der Waals surface area contributed by atoms with Crippen LogP contribution in [0.25, 0.3) is 11.1 Å². The van der Waals surface area contributed by atoms with Gasteiger partial charge in [0.05, 0.1) is 4.90 Å². The minimum absolute atomic E-state index is 0.154. The van der Waals surface area contributed by atoms with Gasteiger partial charge < -0.3 is 5.32 Å². The lowest BCUT2D eigenvalue weighted by Crippen LogP contribution is -2.15. The summed E-state index contributed by atoms with van der Waals surface area (Å²) in [4.78, 5) is 13.1. The van der Waals surface area contributed by atoms with E-state index < -0.39 is 10.0 Å². The Morgan fingerprint density at radius 1 is 0.677 bits per heavy atom. The zero-order chi connectivity index (χ0) is 21.7. The molecule has 0 aliphatic rings. The summed E-state index contributed by atoms with van der Waals surface area (Å²) in [5.41, 5.74) is 3.22. The lowest BCUT2D eigenvalue weighted by Gasteiger charge is -2.12. The number of para-hydroxylation sites is 1. The normalized spacial score (nSPS) is 11.0. The van der Waals surface area contributed by atoms with Crippen LogP contribution in [0.1, 0.15) is 10.4 Å². The Morgan fingerprint density at radius 2 is 1.32 bits per heavy atom. The van der Waals surface area contributed by atoms with Crippen LogP contribution in [0.15, 0.2) is 114 Å². The van der Waals surface area contributed by atoms with Crippen molar-refractivity contribution >= 4 is 27.3 Å². The van der Waals surface area contributed by atoms with Crippen LogP contribution < -0.4 is 10.0 Å². The molecular formula is C25H20N2O3S. The van der Waals surface area contributed by atoms with Gasteiger partial charge in [-0.15, -0.1) is 0 Å². The molecular weight excluding hydrogens is 408 g/mol. The number of nitrogens with one attached hydrogen (secondary N) is 2. The highest BCUT2D eigenvalue weighted by molar-refractivity contribution is 7.92. The zero-order valence-electron chi connectivity index (χ0n) is 16.5. The van der Waals surface area contributed by atoms with Gasteiger partial charge in [0.15, 0.2) is 0 Å². The smallest absolute Gasteiger partial charge is 0.261 e. The van der Waals surface area contributed by atoms with Crippen molar-refractivity contribution in [3.63, 3.8) is 0 Å². The van der Waals surface area contributed by atoms with Crippen LogP contribution in [-0.4, -0.2) is 14.3 Å². The second kappa shape index (κ2) is 8.85. The molecule has 0 radical (unpaired) electrons. The molecule has 0 aliphatic heterocycles. The standard InChI is InChI=1S/C25H20N2O3S/c28-25(26-24-17-8-7-16-23(24)19-10-3-1-4-11-19)20-12-9-13-21(18-20)27-31(29,30)22-14-5-2-6-15-22/h1-18,27H,(H,26,28). The number of carbonyl (C=O) groups is 1. The first-order valence-corrected chi connectivity index (χ1v) is 11.1. The van der Waals surface area contributed by atoms with Crippen molar-refractivity contribution in [2.45, 2.75) is 4.90 Å². The van der Waals surface area contributed by atoms with Crippen molar-refractivity contribution in [1.82, 2.24) is 0 Å². The molecule has 6 heteroatoms. The van der Waals surface area contributed by atoms with Crippen LogP contribution in [0.4, 0.5) is 11.4 Å². The predicted molar refractivity (Wildman–Crippen MR) is 124 cm³/mol. The lowest BCUT2D eigenvalue weighted by molar-refractivity contribution is 0.102. The summed E-state index contributed by atoms with van der Waals surface area (Å²) in [7, 11) is -3.74. The van der Waals surface area contributed by atoms with E-state index in [-0.39, 0.29) is 10.8 Å². The molecule has 2 N–H and O–H groups in total. The first kappa shape index (κ1) is 20.4. The molecule has 0 saturated carbocycles. The summed E-state index contributed by atoms with van der Waals surface area (Å²) >= 11 is 0. The van der Waals surface area contributed by atoms with E-state index in [0.717, 1.165) is 11.1 Å². The summed E-state index contributed by atoms with van der Waals surface area (Å²) in [6.07, 6.45) is 0. The molecule has 0 aromatic heterocycles. The minimum Gasteiger partial charge on any atom is -0.321 e. The van der Waals surface area contributed by atoms with E-state index in [1.807, 2.05) is 54.6 Å². The van der Waals surface area contributed by atoms with Crippen LogP contribution >= 0.6 is 0 Å². The highest BCUT2D eigenvalue weighted by atomic mass is 32.2. The SMILES string of the molecule is O=C(Nc1ccccc1-c1ccccc1)c1cccc(NS(=O)(=O)c2ccccc2)c1. The number of sulfonamides is 1. The summed E-state index contributed by atoms with van der Waals surface area (Å²) in [6.45, 7) is 0. The van der Waals surface area contributed by atoms with E-state index >= 15 is 0 Å². The zero-order valence-corrected chi connectivity index (χ0v) is 17.3. The molecule has 154 valence electrons. The molecule has 0 unspecified atom stereocenters. The van der Waals surface area contributed by atoms with E-state index in [4.69, 9.17) is 0 Å². The molecule has 4 rings (SSSR count). The first-order valence-electron chi connectivity index (χ1n) is 9.67. The van der Waals surface area contributed by atoms with Crippen molar-refractivity contribution < 1.29 is 13.2 Å². The van der Waals surface area contributed by atoms with E-state index in [1.54, 1.807) is 36.4 Å². The third-order valence-electron chi connectivity index (χ3n) is 4.69. The predicted octanol–water partition coefficient (Wildman–Crippen LogP) is 5.41. The van der Waals surface area contributed by atoms with Gasteiger partial charge in [-0.05, 0) is 42.0 Å². The Balaban J connectivity index is 1.56. The summed E-state index contributed by atoms with van der Waals surface area (Å²) in [6, 6.07) is 31.8. The maximum Gasteiger partial charge on any atom is 0.261 e. The van der Waals surface area contributed by atoms with E-state index in [1.165, 1.54) is 18.2 Å². The Hall–Kier alpha value is -3.90. The summed E-state index contributed by atoms with van der Waals surface area (Å²) < 4.78 is 27.7. The average Bonchev–Trinajstić information content (AvgIpc) is 2.80. The number of hydrogen-bond acceptors (Lipinski definition) is 3. The molecule has 0 atom stereocenters. The minimum atomic E-state index is -3.74. The molecule has 1 amide bonds. The molecule has 0 bridgehead atoms. The molecule has 0 aliphatic carbocycles. The molecule has 5 nitrogen and oxygen atoms in total. The van der Waals surface area contributed by atoms with Gasteiger partial charge in [-0.25, -0.2) is 8.42 Å². The largest absolute Gasteiger partial charge is 0.321 e. The Kier molecular flexibility index (Phi) is 5.82. The maximum atomic E-state index is 12.9. The molecule has 31 heavy (non-hydrogen) atoms. The van der Waals surface area contributed by atoms with Gasteiger partial charge in [0.25, 0.3) is 15.9 Å². The summed E-state index contributed by atoms with van der Waals surface area (Å²) in [5, 5.41) is 2.93. The Morgan fingerprint density at radius 3 is 2.06 bits per heavy atom. The van der Waals surface area contributed by atoms with Crippen LogP contribution in [-0.2, 0) is 10.0 Å². The van der Waals surface area contributed by atoms with Gasteiger partial charge in [0.1, 0.15) is 0 Å². The third kappa shape index (κ3) is 4.82. The fourth-order valence-corrected chi connectivity index (χ4v) is 4.26. The van der Waals surface area contributed by atoms with E-state index in [2.05, 4.69) is 10.0 Å². The highest BCUT2D eigenvalue weighted by Crippen LogP contribution is 2.28. The number of anilines is 2. The van der Waals surface area contributed by atoms with Gasteiger partial charge in [0.2, 0.25) is 0 Å². The van der Waals surface area contributed by atoms with Crippen molar-refractivity contribution in [1.29, 1.82) is 0 Å². The fraction of sp³-hybridized carbons (Fsp3) is 0. The van der Waals surface area contributed by atoms with Crippen molar-refractivity contribution in [3.8, 4) is 11.1 Å². The van der Waals surface area contributed by atoms with Gasteiger partial charge >= 0.3 is 0 Å². The molecule has 4 aromatic carbocycles. The van der Waals surface area contributed by atoms with Gasteiger partial charge in [-0.3, -0.25) is 9.52 Å². The van der Waals surface area contributed by atoms with Gasteiger partial charge in [0, 0.05) is 22.5 Å². The quantitative estimate of drug-likeness (QED) is 0.431.